The van der Waals surface area contributed by atoms with Crippen molar-refractivity contribution >= 4 is 0 Å². The van der Waals surface area contributed by atoms with E-state index in [0.29, 0.717) is 6.61 Å². The van der Waals surface area contributed by atoms with Crippen molar-refractivity contribution in [2.75, 3.05) is 13.2 Å². The minimum atomic E-state index is -1.37. The summed E-state index contributed by atoms with van der Waals surface area (Å²) in [7, 11) is 0. The number of aliphatic hydroxyl groups is 4. The Kier molecular flexibility index (Phi) is 13.5. The highest BCUT2D eigenvalue weighted by Crippen LogP contribution is 2.22. The molecule has 1 rings (SSSR count). The van der Waals surface area contributed by atoms with Crippen LogP contribution in [0.5, 0.6) is 0 Å². The van der Waals surface area contributed by atoms with E-state index in [-0.39, 0.29) is 0 Å². The monoisotopic (exact) mass is 376 g/mol. The summed E-state index contributed by atoms with van der Waals surface area (Å²) in [5.74, 6) is 0. The van der Waals surface area contributed by atoms with Crippen molar-refractivity contribution in [1.82, 2.24) is 0 Å². The molecule has 5 atom stereocenters. The van der Waals surface area contributed by atoms with Crippen LogP contribution < -0.4 is 0 Å². The van der Waals surface area contributed by atoms with Crippen LogP contribution in [0.2, 0.25) is 0 Å². The molecule has 156 valence electrons. The molecule has 0 radical (unpaired) electrons. The van der Waals surface area contributed by atoms with E-state index in [9.17, 15) is 15.3 Å². The average Bonchev–Trinajstić information content (AvgIpc) is 2.65. The standard InChI is InChI=1S/C20H40O6/c1-2-3-4-5-6-7-8-9-10-11-12-13-14-25-20-19(24)18(23)17(22)16(15-21)26-20/h16-24H,2-15H2,1H3/t16?,17-,18-,19?,20-/m1/s1. The number of ether oxygens (including phenoxy) is 2. The fraction of sp³-hybridized carbons (Fsp3) is 1.00. The van der Waals surface area contributed by atoms with Crippen molar-refractivity contribution in [3.63, 3.8) is 0 Å². The third kappa shape index (κ3) is 9.11. The first-order chi connectivity index (χ1) is 12.6. The van der Waals surface area contributed by atoms with Gasteiger partial charge in [-0.15, -0.1) is 0 Å². The largest absolute Gasteiger partial charge is 0.394 e. The van der Waals surface area contributed by atoms with Gasteiger partial charge in [-0.1, -0.05) is 77.6 Å². The molecule has 4 N–H and O–H groups in total. The Bertz CT molecular complexity index is 325. The average molecular weight is 377 g/mol. The molecule has 26 heavy (non-hydrogen) atoms. The first-order valence-corrected chi connectivity index (χ1v) is 10.5. The summed E-state index contributed by atoms with van der Waals surface area (Å²) in [6.45, 7) is 2.25. The van der Waals surface area contributed by atoms with E-state index >= 15 is 0 Å². The second-order valence-electron chi connectivity index (χ2n) is 7.46. The summed E-state index contributed by atoms with van der Waals surface area (Å²) < 4.78 is 10.8. The van der Waals surface area contributed by atoms with Gasteiger partial charge in [0.2, 0.25) is 0 Å². The van der Waals surface area contributed by atoms with Crippen molar-refractivity contribution in [2.24, 2.45) is 0 Å². The maximum atomic E-state index is 9.87. The van der Waals surface area contributed by atoms with Gasteiger partial charge < -0.3 is 29.9 Å². The maximum absolute atomic E-state index is 9.87. The predicted molar refractivity (Wildman–Crippen MR) is 101 cm³/mol. The maximum Gasteiger partial charge on any atom is 0.186 e. The molecule has 0 aromatic heterocycles. The van der Waals surface area contributed by atoms with Gasteiger partial charge in [-0.25, -0.2) is 0 Å². The summed E-state index contributed by atoms with van der Waals surface area (Å²) in [5, 5.41) is 38.4. The highest BCUT2D eigenvalue weighted by atomic mass is 16.7. The zero-order valence-electron chi connectivity index (χ0n) is 16.4. The first kappa shape index (κ1) is 23.8. The molecule has 0 amide bonds. The predicted octanol–water partition coefficient (Wildman–Crippen LogP) is 2.50. The van der Waals surface area contributed by atoms with Gasteiger partial charge in [0.25, 0.3) is 0 Å². The molecule has 2 unspecified atom stereocenters. The zero-order chi connectivity index (χ0) is 19.2. The van der Waals surface area contributed by atoms with Gasteiger partial charge in [-0.05, 0) is 6.42 Å². The van der Waals surface area contributed by atoms with Crippen molar-refractivity contribution < 1.29 is 29.9 Å². The summed E-state index contributed by atoms with van der Waals surface area (Å²) in [4.78, 5) is 0. The Morgan fingerprint density at radius 3 is 1.69 bits per heavy atom. The quantitative estimate of drug-likeness (QED) is 0.328. The molecule has 0 aromatic rings. The van der Waals surface area contributed by atoms with Crippen LogP contribution in [0, 0.1) is 0 Å². The third-order valence-corrected chi connectivity index (χ3v) is 5.13. The topological polar surface area (TPSA) is 99.4 Å². The Hall–Kier alpha value is -0.240. The molecule has 1 heterocycles. The van der Waals surface area contributed by atoms with E-state index < -0.39 is 37.3 Å². The van der Waals surface area contributed by atoms with Crippen LogP contribution in [0.3, 0.4) is 0 Å². The zero-order valence-corrected chi connectivity index (χ0v) is 16.4. The molecule has 0 saturated carbocycles. The van der Waals surface area contributed by atoms with Crippen molar-refractivity contribution in [3.8, 4) is 0 Å². The lowest BCUT2D eigenvalue weighted by Crippen LogP contribution is -2.59. The summed E-state index contributed by atoms with van der Waals surface area (Å²) in [6.07, 6.45) is 9.21. The van der Waals surface area contributed by atoms with Gasteiger partial charge in [-0.3, -0.25) is 0 Å². The highest BCUT2D eigenvalue weighted by molar-refractivity contribution is 4.88. The van der Waals surface area contributed by atoms with Gasteiger partial charge in [0.15, 0.2) is 6.29 Å². The van der Waals surface area contributed by atoms with Crippen LogP contribution in [0.1, 0.15) is 84.0 Å². The second kappa shape index (κ2) is 14.8. The molecule has 1 aliphatic rings. The number of rotatable bonds is 15. The molecular weight excluding hydrogens is 336 g/mol. The van der Waals surface area contributed by atoms with Crippen LogP contribution >= 0.6 is 0 Å². The van der Waals surface area contributed by atoms with Crippen molar-refractivity contribution in [3.05, 3.63) is 0 Å². The van der Waals surface area contributed by atoms with E-state index in [1.165, 1.54) is 64.2 Å². The molecule has 0 spiro atoms. The van der Waals surface area contributed by atoms with Gasteiger partial charge in [0.1, 0.15) is 24.4 Å². The molecule has 1 fully saturated rings. The number of hydrogen-bond acceptors (Lipinski definition) is 6. The number of hydrogen-bond donors (Lipinski definition) is 4. The third-order valence-electron chi connectivity index (χ3n) is 5.13. The Balaban J connectivity index is 1.95. The molecule has 6 nitrogen and oxygen atoms in total. The first-order valence-electron chi connectivity index (χ1n) is 10.5. The van der Waals surface area contributed by atoms with E-state index in [0.717, 1.165) is 12.8 Å². The minimum Gasteiger partial charge on any atom is -0.394 e. The van der Waals surface area contributed by atoms with Crippen LogP contribution in [0.15, 0.2) is 0 Å². The molecule has 1 saturated heterocycles. The van der Waals surface area contributed by atoms with Crippen molar-refractivity contribution in [2.45, 2.75) is 115 Å². The lowest BCUT2D eigenvalue weighted by molar-refractivity contribution is -0.301. The summed E-state index contributed by atoms with van der Waals surface area (Å²) in [5.41, 5.74) is 0. The Labute approximate surface area is 158 Å². The molecule has 0 aliphatic carbocycles. The lowest BCUT2D eigenvalue weighted by atomic mass is 9.99. The van der Waals surface area contributed by atoms with Crippen LogP contribution in [-0.2, 0) is 9.47 Å². The van der Waals surface area contributed by atoms with Crippen LogP contribution in [0.4, 0.5) is 0 Å². The summed E-state index contributed by atoms with van der Waals surface area (Å²) in [6, 6.07) is 0. The number of aliphatic hydroxyl groups excluding tert-OH is 4. The van der Waals surface area contributed by atoms with E-state index in [2.05, 4.69) is 6.92 Å². The van der Waals surface area contributed by atoms with Crippen molar-refractivity contribution in [1.29, 1.82) is 0 Å². The fourth-order valence-electron chi connectivity index (χ4n) is 3.35. The van der Waals surface area contributed by atoms with Gasteiger partial charge in [0.05, 0.1) is 6.61 Å². The van der Waals surface area contributed by atoms with Gasteiger partial charge in [-0.2, -0.15) is 0 Å². The molecule has 0 bridgehead atoms. The Morgan fingerprint density at radius 2 is 1.19 bits per heavy atom. The number of unbranched alkanes of at least 4 members (excludes halogenated alkanes) is 11. The van der Waals surface area contributed by atoms with E-state index in [4.69, 9.17) is 14.6 Å². The molecular formula is C20H40O6. The second-order valence-corrected chi connectivity index (χ2v) is 7.46. The van der Waals surface area contributed by atoms with Gasteiger partial charge in [0, 0.05) is 6.61 Å². The minimum absolute atomic E-state index is 0.427. The smallest absolute Gasteiger partial charge is 0.186 e. The molecule has 1 aliphatic heterocycles. The lowest BCUT2D eigenvalue weighted by Gasteiger charge is -2.39. The van der Waals surface area contributed by atoms with E-state index in [1.54, 1.807) is 0 Å². The Morgan fingerprint density at radius 1 is 0.692 bits per heavy atom. The van der Waals surface area contributed by atoms with Crippen LogP contribution in [-0.4, -0.2) is 64.3 Å². The highest BCUT2D eigenvalue weighted by Gasteiger charge is 2.43. The SMILES string of the molecule is CCCCCCCCCCCCCCO[C@@H]1OC(CO)[C@@H](O)[C@@H](O)C1O. The summed E-state index contributed by atoms with van der Waals surface area (Å²) >= 11 is 0. The molecule has 0 aromatic carbocycles. The normalized spacial score (nSPS) is 29.2. The molecule has 6 heteroatoms. The van der Waals surface area contributed by atoms with Gasteiger partial charge >= 0.3 is 0 Å². The van der Waals surface area contributed by atoms with E-state index in [1.807, 2.05) is 0 Å². The van der Waals surface area contributed by atoms with Crippen LogP contribution in [0.25, 0.3) is 0 Å². The fourth-order valence-corrected chi connectivity index (χ4v) is 3.35.